The number of ether oxygens (including phenoxy) is 1. The Balaban J connectivity index is 1.50. The molecule has 0 heterocycles. The molecule has 2 N–H and O–H groups in total. The quantitative estimate of drug-likeness (QED) is 0.479. The van der Waals surface area contributed by atoms with Crippen molar-refractivity contribution >= 4 is 29.0 Å². The summed E-state index contributed by atoms with van der Waals surface area (Å²) in [5.41, 5.74) is -1.41. The Morgan fingerprint density at radius 1 is 1.19 bits per heavy atom. The Morgan fingerprint density at radius 2 is 1.84 bits per heavy atom. The van der Waals surface area contributed by atoms with Gasteiger partial charge in [-0.15, -0.1) is 0 Å². The number of hydrogen-bond acceptors (Lipinski definition) is 5. The first kappa shape index (κ1) is 22.3. The van der Waals surface area contributed by atoms with E-state index in [2.05, 4.69) is 26.8 Å². The zero-order valence-corrected chi connectivity index (χ0v) is 20.2. The van der Waals surface area contributed by atoms with Gasteiger partial charge in [-0.05, 0) is 93.5 Å². The molecule has 0 bridgehead atoms. The smallest absolute Gasteiger partial charge is 0.315 e. The number of carbonyl (C=O) groups excluding carboxylic acids is 2. The van der Waals surface area contributed by atoms with Crippen molar-refractivity contribution in [1.29, 1.82) is 0 Å². The highest BCUT2D eigenvalue weighted by Crippen LogP contribution is 2.69. The number of esters is 1. The lowest BCUT2D eigenvalue weighted by Crippen LogP contribution is -2.59. The van der Waals surface area contributed by atoms with E-state index in [0.29, 0.717) is 30.6 Å². The van der Waals surface area contributed by atoms with Gasteiger partial charge in [0.1, 0.15) is 0 Å². The van der Waals surface area contributed by atoms with Crippen LogP contribution in [0.25, 0.3) is 0 Å². The van der Waals surface area contributed by atoms with Gasteiger partial charge in [-0.2, -0.15) is 0 Å². The highest BCUT2D eigenvalue weighted by Gasteiger charge is 2.70. The van der Waals surface area contributed by atoms with Gasteiger partial charge in [0.05, 0.1) is 11.5 Å². The van der Waals surface area contributed by atoms with Crippen LogP contribution in [-0.2, 0) is 14.3 Å². The number of fused-ring (bicyclic) bond motifs is 5. The largest absolute Gasteiger partial charge is 0.499 e. The van der Waals surface area contributed by atoms with Crippen molar-refractivity contribution in [2.24, 2.45) is 39.9 Å². The van der Waals surface area contributed by atoms with E-state index in [4.69, 9.17) is 17.0 Å². The first-order valence-electron chi connectivity index (χ1n) is 12.0. The topological polar surface area (TPSA) is 83.8 Å². The molecule has 4 saturated carbocycles. The number of allylic oxidation sites excluding steroid dienone is 4. The van der Waals surface area contributed by atoms with Crippen LogP contribution in [0.5, 0.6) is 0 Å². The van der Waals surface area contributed by atoms with E-state index in [0.717, 1.165) is 25.7 Å². The van der Waals surface area contributed by atoms with Crippen molar-refractivity contribution in [3.8, 4) is 0 Å². The highest BCUT2D eigenvalue weighted by atomic mass is 32.1. The maximum Gasteiger partial charge on any atom is 0.315 e. The summed E-state index contributed by atoms with van der Waals surface area (Å²) in [6.07, 6.45) is 9.47. The Labute approximate surface area is 195 Å². The van der Waals surface area contributed by atoms with Gasteiger partial charge in [0.2, 0.25) is 5.05 Å². The predicted octanol–water partition coefficient (Wildman–Crippen LogP) is 4.48. The maximum absolute atomic E-state index is 13.0. The molecule has 9 atom stereocenters. The van der Waals surface area contributed by atoms with Gasteiger partial charge in [-0.25, -0.2) is 0 Å². The maximum atomic E-state index is 13.0. The molecular formula is C26H34O5S. The van der Waals surface area contributed by atoms with E-state index in [9.17, 15) is 19.8 Å². The second-order valence-corrected chi connectivity index (χ2v) is 12.2. The van der Waals surface area contributed by atoms with Crippen LogP contribution in [0.15, 0.2) is 23.8 Å². The van der Waals surface area contributed by atoms with Gasteiger partial charge in [-0.1, -0.05) is 32.4 Å². The van der Waals surface area contributed by atoms with E-state index in [-0.39, 0.29) is 22.2 Å². The Morgan fingerprint density at radius 3 is 2.47 bits per heavy atom. The summed E-state index contributed by atoms with van der Waals surface area (Å²) in [5.74, 6) is 1.01. The third-order valence-electron chi connectivity index (χ3n) is 10.3. The molecule has 5 aliphatic rings. The fourth-order valence-corrected chi connectivity index (χ4v) is 8.39. The minimum atomic E-state index is -1.18. The van der Waals surface area contributed by atoms with Gasteiger partial charge in [0.25, 0.3) is 0 Å². The molecule has 4 fully saturated rings. The summed E-state index contributed by atoms with van der Waals surface area (Å²) < 4.78 is 6.12. The fourth-order valence-electron chi connectivity index (χ4n) is 8.01. The summed E-state index contributed by atoms with van der Waals surface area (Å²) in [4.78, 5) is 25.1. The third-order valence-corrected chi connectivity index (χ3v) is 10.6. The molecule has 0 aliphatic heterocycles. The van der Waals surface area contributed by atoms with Crippen molar-refractivity contribution in [1.82, 2.24) is 0 Å². The summed E-state index contributed by atoms with van der Waals surface area (Å²) in [7, 11) is 0. The monoisotopic (exact) mass is 458 g/mol. The van der Waals surface area contributed by atoms with E-state index in [1.54, 1.807) is 13.0 Å². The Bertz CT molecular complexity index is 969. The molecule has 174 valence electrons. The molecule has 0 saturated heterocycles. The van der Waals surface area contributed by atoms with Gasteiger partial charge in [0, 0.05) is 10.8 Å². The van der Waals surface area contributed by atoms with Gasteiger partial charge in [-0.3, -0.25) is 9.59 Å². The molecule has 6 heteroatoms. The molecule has 5 aliphatic carbocycles. The van der Waals surface area contributed by atoms with Crippen LogP contribution in [0.3, 0.4) is 0 Å². The van der Waals surface area contributed by atoms with Crippen molar-refractivity contribution in [3.05, 3.63) is 23.8 Å². The number of ketones is 1. The zero-order valence-electron chi connectivity index (χ0n) is 19.4. The van der Waals surface area contributed by atoms with E-state index in [1.165, 1.54) is 5.57 Å². The average Bonchev–Trinajstić information content (AvgIpc) is 3.22. The Hall–Kier alpha value is -1.53. The summed E-state index contributed by atoms with van der Waals surface area (Å²) in [6, 6.07) is 0. The molecule has 0 aromatic carbocycles. The predicted molar refractivity (Wildman–Crippen MR) is 124 cm³/mol. The average molecular weight is 459 g/mol. The third kappa shape index (κ3) is 2.68. The minimum Gasteiger partial charge on any atom is -0.499 e. The standard InChI is InChI=1S/C26H34O5S/c1-14-11-16-17(23(2)8-5-15(27)12-19(14)23)6-9-25(4)18(16)7-10-26(25,22(30)32)31-21(29)24(3)13-20(24)28/h5,8,12,14,16-18,20,28H,6-7,9-11,13H2,1-4H3,(H,30,32)/t14-,16+,17-,18-,20?,23+,24?,25-,26-/m0/s1. The van der Waals surface area contributed by atoms with Crippen molar-refractivity contribution < 1.29 is 24.5 Å². The SMILES string of the molecule is C[C@H]1C[C@@H]2[C@H](CC[C@@]3(C)[C@H]2CC[C@]3(OC(=O)C2(C)CC2O)C(O)=S)[C@@]2(C)C=CC(=O)C=C12. The normalized spacial score (nSPS) is 51.2. The molecule has 0 aromatic heterocycles. The van der Waals surface area contributed by atoms with Crippen molar-refractivity contribution in [2.45, 2.75) is 77.9 Å². The molecule has 5 rings (SSSR count). The molecule has 0 radical (unpaired) electrons. The van der Waals surface area contributed by atoms with Crippen LogP contribution in [0.1, 0.15) is 66.2 Å². The second kappa shape index (κ2) is 6.75. The lowest BCUT2D eigenvalue weighted by atomic mass is 9.46. The zero-order chi connectivity index (χ0) is 23.3. The number of thiocarbonyl (C=S) groups is 1. The summed E-state index contributed by atoms with van der Waals surface area (Å²) in [5, 5.41) is 20.5. The summed E-state index contributed by atoms with van der Waals surface area (Å²) >= 11 is 5.35. The first-order valence-corrected chi connectivity index (χ1v) is 12.4. The van der Waals surface area contributed by atoms with Crippen LogP contribution >= 0.6 is 12.2 Å². The molecular weight excluding hydrogens is 424 g/mol. The van der Waals surface area contributed by atoms with Gasteiger partial charge in [0.15, 0.2) is 11.4 Å². The van der Waals surface area contributed by atoms with E-state index >= 15 is 0 Å². The molecule has 32 heavy (non-hydrogen) atoms. The summed E-state index contributed by atoms with van der Waals surface area (Å²) in [6.45, 7) is 8.34. The molecule has 5 nitrogen and oxygen atoms in total. The molecule has 2 unspecified atom stereocenters. The Kier molecular flexibility index (Phi) is 4.70. The van der Waals surface area contributed by atoms with Crippen LogP contribution in [0.2, 0.25) is 0 Å². The van der Waals surface area contributed by atoms with Crippen LogP contribution < -0.4 is 0 Å². The highest BCUT2D eigenvalue weighted by molar-refractivity contribution is 7.80. The molecule has 0 spiro atoms. The number of aliphatic hydroxyl groups excluding tert-OH is 2. The number of carbonyl (C=O) groups is 2. The van der Waals surface area contributed by atoms with Crippen LogP contribution in [0, 0.1) is 39.9 Å². The second-order valence-electron chi connectivity index (χ2n) is 11.8. The van der Waals surface area contributed by atoms with Crippen LogP contribution in [-0.4, -0.2) is 38.7 Å². The first-order chi connectivity index (χ1) is 14.9. The lowest BCUT2D eigenvalue weighted by Gasteiger charge is -2.59. The van der Waals surface area contributed by atoms with Gasteiger partial charge >= 0.3 is 5.97 Å². The lowest BCUT2D eigenvalue weighted by molar-refractivity contribution is -0.177. The fraction of sp³-hybridized carbons (Fsp3) is 0.731. The van der Waals surface area contributed by atoms with E-state index < -0.39 is 28.5 Å². The number of hydrogen-bond donors (Lipinski definition) is 2. The molecule has 0 aromatic rings. The van der Waals surface area contributed by atoms with Crippen molar-refractivity contribution in [2.75, 3.05) is 0 Å². The van der Waals surface area contributed by atoms with Crippen molar-refractivity contribution in [3.63, 3.8) is 0 Å². The number of rotatable bonds is 3. The van der Waals surface area contributed by atoms with E-state index in [1.807, 2.05) is 6.08 Å². The molecule has 0 amide bonds. The van der Waals surface area contributed by atoms with Crippen LogP contribution in [0.4, 0.5) is 0 Å². The number of aliphatic hydroxyl groups is 2. The minimum absolute atomic E-state index is 0.0802. The van der Waals surface area contributed by atoms with Gasteiger partial charge < -0.3 is 14.9 Å².